The van der Waals surface area contributed by atoms with Crippen LogP contribution >= 0.6 is 11.3 Å². The summed E-state index contributed by atoms with van der Waals surface area (Å²) in [6.07, 6.45) is 5.63. The molecule has 5 heteroatoms. The number of aromatic nitrogens is 3. The van der Waals surface area contributed by atoms with Gasteiger partial charge in [0.15, 0.2) is 0 Å². The number of nitrogens with one attached hydrogen (secondary N) is 2. The first-order valence-corrected chi connectivity index (χ1v) is 8.72. The normalized spacial score (nSPS) is 19.5. The molecule has 2 aromatic heterocycles. The Hall–Kier alpha value is -1.20. The second-order valence-corrected chi connectivity index (χ2v) is 7.15. The molecule has 0 spiro atoms. The van der Waals surface area contributed by atoms with E-state index in [0.29, 0.717) is 12.1 Å². The van der Waals surface area contributed by atoms with Crippen LogP contribution in [0.3, 0.4) is 0 Å². The fourth-order valence-corrected chi connectivity index (χ4v) is 4.22. The number of rotatable bonds is 5. The number of hydrogen-bond donors (Lipinski definition) is 2. The van der Waals surface area contributed by atoms with Crippen LogP contribution in [-0.2, 0) is 19.3 Å². The molecular weight excluding hydrogens is 280 g/mol. The van der Waals surface area contributed by atoms with E-state index in [1.54, 1.807) is 0 Å². The largest absolute Gasteiger partial charge is 0.306 e. The van der Waals surface area contributed by atoms with E-state index in [0.717, 1.165) is 30.7 Å². The summed E-state index contributed by atoms with van der Waals surface area (Å²) in [5.41, 5.74) is 3.61. The summed E-state index contributed by atoms with van der Waals surface area (Å²) >= 11 is 1.90. The lowest BCUT2D eigenvalue weighted by Gasteiger charge is -2.26. The van der Waals surface area contributed by atoms with Gasteiger partial charge >= 0.3 is 0 Å². The monoisotopic (exact) mass is 304 g/mol. The Balaban J connectivity index is 1.66. The zero-order valence-corrected chi connectivity index (χ0v) is 13.9. The van der Waals surface area contributed by atoms with Gasteiger partial charge in [0.2, 0.25) is 0 Å². The molecule has 0 amide bonds. The molecule has 0 aromatic carbocycles. The number of aromatic amines is 1. The summed E-state index contributed by atoms with van der Waals surface area (Å²) in [6, 6.07) is 3.03. The highest BCUT2D eigenvalue weighted by atomic mass is 32.1. The van der Waals surface area contributed by atoms with Crippen molar-refractivity contribution in [3.05, 3.63) is 33.0 Å². The van der Waals surface area contributed by atoms with Crippen molar-refractivity contribution in [2.45, 2.75) is 65.0 Å². The molecule has 114 valence electrons. The van der Waals surface area contributed by atoms with Gasteiger partial charge in [-0.1, -0.05) is 6.92 Å². The van der Waals surface area contributed by atoms with Gasteiger partial charge in [0, 0.05) is 29.1 Å². The third-order valence-corrected chi connectivity index (χ3v) is 5.41. The Kier molecular flexibility index (Phi) is 4.40. The van der Waals surface area contributed by atoms with Crippen LogP contribution in [0.5, 0.6) is 0 Å². The number of nitrogens with zero attached hydrogens (tertiary/aromatic N) is 2. The van der Waals surface area contributed by atoms with E-state index in [-0.39, 0.29) is 0 Å². The van der Waals surface area contributed by atoms with E-state index in [1.807, 2.05) is 18.3 Å². The lowest BCUT2D eigenvalue weighted by atomic mass is 9.97. The van der Waals surface area contributed by atoms with Crippen molar-refractivity contribution in [1.82, 2.24) is 20.5 Å². The number of aryl methyl sites for hydroxylation is 3. The van der Waals surface area contributed by atoms with Crippen LogP contribution in [-0.4, -0.2) is 21.2 Å². The highest BCUT2D eigenvalue weighted by Crippen LogP contribution is 2.34. The van der Waals surface area contributed by atoms with Crippen molar-refractivity contribution >= 4 is 11.3 Å². The molecule has 0 unspecified atom stereocenters. The number of fused-ring (bicyclic) bond motifs is 1. The van der Waals surface area contributed by atoms with Crippen LogP contribution in [0.25, 0.3) is 0 Å². The van der Waals surface area contributed by atoms with Gasteiger partial charge in [-0.05, 0) is 45.6 Å². The molecule has 0 saturated heterocycles. The molecule has 1 aliphatic rings. The minimum Gasteiger partial charge on any atom is -0.306 e. The standard InChI is InChI=1S/C16H24N4S/c1-4-15-18-14-7-5-6-13(16(14)21-15)17-10(2)8-12-9-11(3)19-20-12/h9-10,13,17H,4-8H2,1-3H3,(H,19,20)/t10-,13-/m1/s1. The topological polar surface area (TPSA) is 53.6 Å². The van der Waals surface area contributed by atoms with E-state index in [4.69, 9.17) is 4.98 Å². The first-order valence-electron chi connectivity index (χ1n) is 7.91. The minimum atomic E-state index is 0.427. The molecule has 4 nitrogen and oxygen atoms in total. The fraction of sp³-hybridized carbons (Fsp3) is 0.625. The van der Waals surface area contributed by atoms with Crippen molar-refractivity contribution in [3.63, 3.8) is 0 Å². The lowest BCUT2D eigenvalue weighted by Crippen LogP contribution is -2.33. The zero-order valence-electron chi connectivity index (χ0n) is 13.1. The van der Waals surface area contributed by atoms with Gasteiger partial charge in [-0.25, -0.2) is 4.98 Å². The maximum absolute atomic E-state index is 4.78. The fourth-order valence-electron chi connectivity index (χ4n) is 3.08. The van der Waals surface area contributed by atoms with Crippen LogP contribution in [0, 0.1) is 6.92 Å². The summed E-state index contributed by atoms with van der Waals surface area (Å²) in [5.74, 6) is 0. The summed E-state index contributed by atoms with van der Waals surface area (Å²) in [5, 5.41) is 12.4. The van der Waals surface area contributed by atoms with Crippen LogP contribution in [0.1, 0.15) is 59.7 Å². The average Bonchev–Trinajstić information content (AvgIpc) is 3.05. The second kappa shape index (κ2) is 6.28. The van der Waals surface area contributed by atoms with Gasteiger partial charge in [-0.2, -0.15) is 5.10 Å². The molecule has 1 aliphatic carbocycles. The Morgan fingerprint density at radius 2 is 2.38 bits per heavy atom. The predicted molar refractivity (Wildman–Crippen MR) is 86.8 cm³/mol. The number of hydrogen-bond acceptors (Lipinski definition) is 4. The molecule has 2 atom stereocenters. The van der Waals surface area contributed by atoms with Gasteiger partial charge in [-0.15, -0.1) is 11.3 Å². The molecule has 0 aliphatic heterocycles. The van der Waals surface area contributed by atoms with Crippen molar-refractivity contribution < 1.29 is 0 Å². The van der Waals surface area contributed by atoms with Crippen molar-refractivity contribution in [1.29, 1.82) is 0 Å². The quantitative estimate of drug-likeness (QED) is 0.891. The summed E-state index contributed by atoms with van der Waals surface area (Å²) in [4.78, 5) is 6.25. The smallest absolute Gasteiger partial charge is 0.0928 e. The molecule has 2 heterocycles. The number of thiazole rings is 1. The van der Waals surface area contributed by atoms with E-state index >= 15 is 0 Å². The van der Waals surface area contributed by atoms with E-state index in [9.17, 15) is 0 Å². The Morgan fingerprint density at radius 3 is 3.10 bits per heavy atom. The molecule has 0 fully saturated rings. The molecule has 0 bridgehead atoms. The maximum atomic E-state index is 4.78. The summed E-state index contributed by atoms with van der Waals surface area (Å²) in [7, 11) is 0. The Labute approximate surface area is 130 Å². The third kappa shape index (κ3) is 3.35. The van der Waals surface area contributed by atoms with Gasteiger partial charge in [0.25, 0.3) is 0 Å². The van der Waals surface area contributed by atoms with Gasteiger partial charge < -0.3 is 5.32 Å². The third-order valence-electron chi connectivity index (χ3n) is 4.06. The van der Waals surface area contributed by atoms with Crippen molar-refractivity contribution in [2.24, 2.45) is 0 Å². The highest BCUT2D eigenvalue weighted by Gasteiger charge is 2.25. The number of H-pyrrole nitrogens is 1. The minimum absolute atomic E-state index is 0.427. The van der Waals surface area contributed by atoms with Crippen LogP contribution in [0.15, 0.2) is 6.07 Å². The molecule has 2 aromatic rings. The second-order valence-electron chi connectivity index (χ2n) is 6.03. The predicted octanol–water partition coefficient (Wildman–Crippen LogP) is 3.34. The summed E-state index contributed by atoms with van der Waals surface area (Å²) < 4.78 is 0. The maximum Gasteiger partial charge on any atom is 0.0928 e. The average molecular weight is 304 g/mol. The SMILES string of the molecule is CCc1nc2c(s1)[C@H](N[C@H](C)Cc1cc(C)[nH]n1)CCC2. The van der Waals surface area contributed by atoms with Crippen LogP contribution in [0.4, 0.5) is 0 Å². The van der Waals surface area contributed by atoms with Gasteiger partial charge in [-0.3, -0.25) is 5.10 Å². The van der Waals surface area contributed by atoms with E-state index in [2.05, 4.69) is 35.4 Å². The first kappa shape index (κ1) is 14.7. The lowest BCUT2D eigenvalue weighted by molar-refractivity contribution is 0.409. The molecule has 2 N–H and O–H groups in total. The van der Waals surface area contributed by atoms with E-state index in [1.165, 1.54) is 28.4 Å². The Bertz CT molecular complexity index is 601. The van der Waals surface area contributed by atoms with Crippen molar-refractivity contribution in [2.75, 3.05) is 0 Å². The summed E-state index contributed by atoms with van der Waals surface area (Å²) in [6.45, 7) is 6.49. The molecular formula is C16H24N4S. The van der Waals surface area contributed by atoms with Crippen LogP contribution < -0.4 is 5.32 Å². The zero-order chi connectivity index (χ0) is 14.8. The Morgan fingerprint density at radius 1 is 1.52 bits per heavy atom. The molecule has 0 saturated carbocycles. The van der Waals surface area contributed by atoms with Gasteiger partial charge in [0.05, 0.1) is 16.4 Å². The van der Waals surface area contributed by atoms with Crippen LogP contribution in [0.2, 0.25) is 0 Å². The highest BCUT2D eigenvalue weighted by molar-refractivity contribution is 7.11. The molecule has 0 radical (unpaired) electrons. The van der Waals surface area contributed by atoms with E-state index < -0.39 is 0 Å². The first-order chi connectivity index (χ1) is 10.2. The van der Waals surface area contributed by atoms with Crippen molar-refractivity contribution in [3.8, 4) is 0 Å². The molecule has 21 heavy (non-hydrogen) atoms. The van der Waals surface area contributed by atoms with Gasteiger partial charge in [0.1, 0.15) is 0 Å². The molecule has 3 rings (SSSR count).